The molecule has 0 bridgehead atoms. The summed E-state index contributed by atoms with van der Waals surface area (Å²) in [6, 6.07) is 6.43. The van der Waals surface area contributed by atoms with Crippen molar-refractivity contribution in [3.63, 3.8) is 0 Å². The van der Waals surface area contributed by atoms with E-state index in [0.29, 0.717) is 12.8 Å². The van der Waals surface area contributed by atoms with Crippen LogP contribution in [0, 0.1) is 15.5 Å². The summed E-state index contributed by atoms with van der Waals surface area (Å²) in [6.07, 6.45) is 0.975. The molecule has 0 saturated heterocycles. The van der Waals surface area contributed by atoms with Crippen LogP contribution in [-0.4, -0.2) is 10.7 Å². The molecule has 0 aromatic heterocycles. The Bertz CT molecular complexity index is 433. The van der Waals surface area contributed by atoms with Gasteiger partial charge < -0.3 is 0 Å². The van der Waals surface area contributed by atoms with Gasteiger partial charge in [-0.15, -0.1) is 0 Å². The van der Waals surface area contributed by atoms with Crippen molar-refractivity contribution in [2.24, 2.45) is 5.41 Å². The first kappa shape index (κ1) is 13.4. The van der Waals surface area contributed by atoms with E-state index in [1.807, 2.05) is 26.8 Å². The number of nitro benzene ring substituents is 1. The molecule has 0 unspecified atom stereocenters. The van der Waals surface area contributed by atoms with Gasteiger partial charge >= 0.3 is 0 Å². The first-order valence-corrected chi connectivity index (χ1v) is 5.57. The molecule has 0 aliphatic carbocycles. The lowest BCUT2D eigenvalue weighted by Gasteiger charge is -2.16. The molecule has 0 heterocycles. The second-order valence-electron chi connectivity index (χ2n) is 5.10. The Morgan fingerprint density at radius 3 is 2.53 bits per heavy atom. The second-order valence-corrected chi connectivity index (χ2v) is 5.10. The number of carbonyl (C=O) groups is 1. The molecule has 4 heteroatoms. The summed E-state index contributed by atoms with van der Waals surface area (Å²) < 4.78 is 0. The minimum atomic E-state index is -0.422. The SMILES string of the molecule is CC(C)(C)C(=O)CCc1cccc([N+](=O)[O-])c1. The van der Waals surface area contributed by atoms with Crippen LogP contribution >= 0.6 is 0 Å². The first-order chi connectivity index (χ1) is 7.80. The van der Waals surface area contributed by atoms with Crippen LogP contribution in [0.1, 0.15) is 32.8 Å². The average molecular weight is 235 g/mol. The number of hydrogen-bond donors (Lipinski definition) is 0. The van der Waals surface area contributed by atoms with E-state index in [1.54, 1.807) is 6.07 Å². The number of rotatable bonds is 4. The molecule has 1 aromatic rings. The van der Waals surface area contributed by atoms with Crippen LogP contribution in [-0.2, 0) is 11.2 Å². The number of ketones is 1. The third-order valence-electron chi connectivity index (χ3n) is 2.60. The highest BCUT2D eigenvalue weighted by atomic mass is 16.6. The number of nitrogens with zero attached hydrogens (tertiary/aromatic N) is 1. The average Bonchev–Trinajstić information content (AvgIpc) is 2.25. The topological polar surface area (TPSA) is 60.2 Å². The third kappa shape index (κ3) is 3.98. The minimum absolute atomic E-state index is 0.0747. The molecule has 0 spiro atoms. The molecule has 1 rings (SSSR count). The molecule has 0 atom stereocenters. The number of hydrogen-bond acceptors (Lipinski definition) is 3. The Hall–Kier alpha value is -1.71. The summed E-state index contributed by atoms with van der Waals surface area (Å²) in [5, 5.41) is 10.6. The lowest BCUT2D eigenvalue weighted by Crippen LogP contribution is -2.20. The van der Waals surface area contributed by atoms with Crippen LogP contribution in [0.3, 0.4) is 0 Å². The van der Waals surface area contributed by atoms with Gasteiger partial charge in [0.2, 0.25) is 0 Å². The van der Waals surface area contributed by atoms with Crippen LogP contribution in [0.4, 0.5) is 5.69 Å². The molecule has 1 aromatic carbocycles. The van der Waals surface area contributed by atoms with Gasteiger partial charge in [0.1, 0.15) is 5.78 Å². The van der Waals surface area contributed by atoms with Crippen LogP contribution in [0.5, 0.6) is 0 Å². The van der Waals surface area contributed by atoms with Gasteiger partial charge in [0.05, 0.1) is 4.92 Å². The van der Waals surface area contributed by atoms with Gasteiger partial charge in [-0.1, -0.05) is 32.9 Å². The maximum absolute atomic E-state index is 11.7. The van der Waals surface area contributed by atoms with Crippen molar-refractivity contribution in [3.05, 3.63) is 39.9 Å². The fourth-order valence-corrected chi connectivity index (χ4v) is 1.46. The lowest BCUT2D eigenvalue weighted by molar-refractivity contribution is -0.384. The fourth-order valence-electron chi connectivity index (χ4n) is 1.46. The van der Waals surface area contributed by atoms with Crippen molar-refractivity contribution >= 4 is 11.5 Å². The Morgan fingerprint density at radius 1 is 1.35 bits per heavy atom. The maximum Gasteiger partial charge on any atom is 0.269 e. The number of non-ortho nitro benzene ring substituents is 1. The molecule has 0 aliphatic heterocycles. The third-order valence-corrected chi connectivity index (χ3v) is 2.60. The quantitative estimate of drug-likeness (QED) is 0.595. The van der Waals surface area contributed by atoms with Crippen LogP contribution in [0.15, 0.2) is 24.3 Å². The van der Waals surface area contributed by atoms with Crippen molar-refractivity contribution in [3.8, 4) is 0 Å². The zero-order chi connectivity index (χ0) is 13.1. The van der Waals surface area contributed by atoms with Crippen molar-refractivity contribution < 1.29 is 9.72 Å². The van der Waals surface area contributed by atoms with E-state index in [1.165, 1.54) is 12.1 Å². The van der Waals surface area contributed by atoms with E-state index in [-0.39, 0.29) is 16.9 Å². The number of aryl methyl sites for hydroxylation is 1. The predicted molar refractivity (Wildman–Crippen MR) is 65.9 cm³/mol. The molecule has 4 nitrogen and oxygen atoms in total. The zero-order valence-corrected chi connectivity index (χ0v) is 10.4. The maximum atomic E-state index is 11.7. The Labute approximate surface area is 101 Å². The summed E-state index contributed by atoms with van der Waals surface area (Å²) in [6.45, 7) is 5.63. The largest absolute Gasteiger partial charge is 0.299 e. The summed E-state index contributed by atoms with van der Waals surface area (Å²) in [7, 11) is 0. The van der Waals surface area contributed by atoms with Crippen molar-refractivity contribution in [2.45, 2.75) is 33.6 Å². The Balaban J connectivity index is 2.67. The molecule has 0 saturated carbocycles. The highest BCUT2D eigenvalue weighted by molar-refractivity contribution is 5.83. The van der Waals surface area contributed by atoms with Gasteiger partial charge in [-0.2, -0.15) is 0 Å². The van der Waals surface area contributed by atoms with Gasteiger partial charge in [0, 0.05) is 24.0 Å². The fraction of sp³-hybridized carbons (Fsp3) is 0.462. The van der Waals surface area contributed by atoms with E-state index >= 15 is 0 Å². The van der Waals surface area contributed by atoms with Gasteiger partial charge in [0.15, 0.2) is 0 Å². The summed E-state index contributed by atoms with van der Waals surface area (Å²) in [4.78, 5) is 21.9. The highest BCUT2D eigenvalue weighted by Crippen LogP contribution is 2.19. The molecular formula is C13H17NO3. The van der Waals surface area contributed by atoms with E-state index in [0.717, 1.165) is 5.56 Å². The van der Waals surface area contributed by atoms with E-state index < -0.39 is 4.92 Å². The number of Topliss-reactive ketones (excluding diaryl/α,β-unsaturated/α-hetero) is 1. The molecule has 92 valence electrons. The molecule has 0 fully saturated rings. The van der Waals surface area contributed by atoms with Gasteiger partial charge in [0.25, 0.3) is 5.69 Å². The highest BCUT2D eigenvalue weighted by Gasteiger charge is 2.20. The van der Waals surface area contributed by atoms with E-state index in [4.69, 9.17) is 0 Å². The zero-order valence-electron chi connectivity index (χ0n) is 10.4. The van der Waals surface area contributed by atoms with Crippen LogP contribution < -0.4 is 0 Å². The molecule has 17 heavy (non-hydrogen) atoms. The van der Waals surface area contributed by atoms with E-state index in [2.05, 4.69) is 0 Å². The molecule has 0 radical (unpaired) electrons. The van der Waals surface area contributed by atoms with Crippen LogP contribution in [0.2, 0.25) is 0 Å². The van der Waals surface area contributed by atoms with Crippen molar-refractivity contribution in [1.29, 1.82) is 0 Å². The predicted octanol–water partition coefficient (Wildman–Crippen LogP) is 3.14. The number of nitro groups is 1. The van der Waals surface area contributed by atoms with Crippen molar-refractivity contribution in [2.75, 3.05) is 0 Å². The van der Waals surface area contributed by atoms with Crippen molar-refractivity contribution in [1.82, 2.24) is 0 Å². The summed E-state index contributed by atoms with van der Waals surface area (Å²) in [5.74, 6) is 0.170. The van der Waals surface area contributed by atoms with Gasteiger partial charge in [-0.25, -0.2) is 0 Å². The minimum Gasteiger partial charge on any atom is -0.299 e. The molecule has 0 amide bonds. The lowest BCUT2D eigenvalue weighted by atomic mass is 9.87. The summed E-state index contributed by atoms with van der Waals surface area (Å²) in [5.41, 5.74) is 0.559. The molecule has 0 aliphatic rings. The van der Waals surface area contributed by atoms with Gasteiger partial charge in [-0.3, -0.25) is 14.9 Å². The Kier molecular flexibility index (Phi) is 3.99. The second kappa shape index (κ2) is 5.08. The summed E-state index contributed by atoms with van der Waals surface area (Å²) >= 11 is 0. The molecule has 0 N–H and O–H groups in total. The van der Waals surface area contributed by atoms with Gasteiger partial charge in [-0.05, 0) is 12.0 Å². The normalized spacial score (nSPS) is 11.2. The monoisotopic (exact) mass is 235 g/mol. The van der Waals surface area contributed by atoms with E-state index in [9.17, 15) is 14.9 Å². The Morgan fingerprint density at radius 2 is 2.00 bits per heavy atom. The van der Waals surface area contributed by atoms with Crippen LogP contribution in [0.25, 0.3) is 0 Å². The number of benzene rings is 1. The smallest absolute Gasteiger partial charge is 0.269 e. The molecular weight excluding hydrogens is 218 g/mol. The standard InChI is InChI=1S/C13H17NO3/c1-13(2,3)12(15)8-7-10-5-4-6-11(9-10)14(16)17/h4-6,9H,7-8H2,1-3H3. The number of carbonyl (C=O) groups excluding carboxylic acids is 1. The first-order valence-electron chi connectivity index (χ1n) is 5.57.